The van der Waals surface area contributed by atoms with Crippen molar-refractivity contribution in [3.63, 3.8) is 0 Å². The molecule has 0 amide bonds. The van der Waals surface area contributed by atoms with E-state index in [1.807, 2.05) is 24.5 Å². The van der Waals surface area contributed by atoms with Gasteiger partial charge in [0.1, 0.15) is 0 Å². The molecule has 0 saturated heterocycles. The monoisotopic (exact) mass is 260 g/mol. The molecule has 0 aliphatic rings. The molecule has 0 bridgehead atoms. The minimum atomic E-state index is 0.764. The highest BCUT2D eigenvalue weighted by molar-refractivity contribution is 7.99. The van der Waals surface area contributed by atoms with Crippen LogP contribution in [-0.4, -0.2) is 21.5 Å². The highest BCUT2D eigenvalue weighted by atomic mass is 32.2. The minimum absolute atomic E-state index is 0.764. The lowest BCUT2D eigenvalue weighted by atomic mass is 10.3. The quantitative estimate of drug-likeness (QED) is 0.639. The number of rotatable bonds is 6. The Balaban J connectivity index is 1.91. The Morgan fingerprint density at radius 3 is 2.56 bits per heavy atom. The minimum Gasteiger partial charge on any atom is -0.313 e. The van der Waals surface area contributed by atoms with Crippen LogP contribution in [0.4, 0.5) is 0 Å². The van der Waals surface area contributed by atoms with Gasteiger partial charge in [0.25, 0.3) is 0 Å². The molecule has 0 aromatic carbocycles. The first-order valence-electron chi connectivity index (χ1n) is 5.98. The molecule has 0 aliphatic carbocycles. The number of aromatic nitrogens is 3. The lowest BCUT2D eigenvalue weighted by molar-refractivity contribution is 0.669. The Hall–Kier alpha value is -1.46. The van der Waals surface area contributed by atoms with E-state index in [1.54, 1.807) is 24.2 Å². The third-order valence-corrected chi connectivity index (χ3v) is 3.20. The van der Waals surface area contributed by atoms with Gasteiger partial charge in [0, 0.05) is 41.8 Å². The van der Waals surface area contributed by atoms with Crippen molar-refractivity contribution in [3.8, 4) is 0 Å². The second-order valence-corrected chi connectivity index (χ2v) is 4.88. The summed E-state index contributed by atoms with van der Waals surface area (Å²) in [5.74, 6) is 0. The largest absolute Gasteiger partial charge is 0.313 e. The van der Waals surface area contributed by atoms with Crippen molar-refractivity contribution in [3.05, 3.63) is 42.5 Å². The van der Waals surface area contributed by atoms with Crippen molar-refractivity contribution < 1.29 is 0 Å². The van der Waals surface area contributed by atoms with Gasteiger partial charge >= 0.3 is 0 Å². The Bertz CT molecular complexity index is 458. The SMILES string of the molecule is CCCNCc1cnc(Sc2ccncc2)nc1. The fraction of sp³-hybridized carbons (Fsp3) is 0.308. The molecule has 0 spiro atoms. The van der Waals surface area contributed by atoms with Gasteiger partial charge in [-0.15, -0.1) is 0 Å². The normalized spacial score (nSPS) is 10.5. The van der Waals surface area contributed by atoms with E-state index in [9.17, 15) is 0 Å². The summed E-state index contributed by atoms with van der Waals surface area (Å²) >= 11 is 1.54. The molecule has 0 unspecified atom stereocenters. The van der Waals surface area contributed by atoms with Crippen molar-refractivity contribution in [2.75, 3.05) is 6.54 Å². The molecule has 0 fully saturated rings. The van der Waals surface area contributed by atoms with E-state index in [4.69, 9.17) is 0 Å². The van der Waals surface area contributed by atoms with Gasteiger partial charge in [-0.05, 0) is 36.9 Å². The fourth-order valence-corrected chi connectivity index (χ4v) is 2.09. The molecule has 2 heterocycles. The third-order valence-electron chi connectivity index (χ3n) is 2.30. The molecule has 2 aromatic rings. The first-order chi connectivity index (χ1) is 8.88. The summed E-state index contributed by atoms with van der Waals surface area (Å²) < 4.78 is 0. The molecule has 0 radical (unpaired) electrons. The van der Waals surface area contributed by atoms with Crippen molar-refractivity contribution in [1.29, 1.82) is 0 Å². The summed E-state index contributed by atoms with van der Waals surface area (Å²) in [6.07, 6.45) is 8.42. The van der Waals surface area contributed by atoms with Gasteiger partial charge in [-0.25, -0.2) is 9.97 Å². The number of hydrogen-bond donors (Lipinski definition) is 1. The van der Waals surface area contributed by atoms with Gasteiger partial charge < -0.3 is 5.32 Å². The van der Waals surface area contributed by atoms with Gasteiger partial charge in [-0.3, -0.25) is 4.98 Å². The maximum atomic E-state index is 4.34. The second-order valence-electron chi connectivity index (χ2n) is 3.84. The van der Waals surface area contributed by atoms with Crippen LogP contribution >= 0.6 is 11.8 Å². The third kappa shape index (κ3) is 4.09. The molecule has 18 heavy (non-hydrogen) atoms. The van der Waals surface area contributed by atoms with Crippen LogP contribution in [0.5, 0.6) is 0 Å². The molecule has 2 aromatic heterocycles. The van der Waals surface area contributed by atoms with Gasteiger partial charge in [0.2, 0.25) is 0 Å². The Labute approximate surface area is 111 Å². The van der Waals surface area contributed by atoms with Gasteiger partial charge in [0.05, 0.1) is 0 Å². The lowest BCUT2D eigenvalue weighted by Crippen LogP contribution is -2.14. The van der Waals surface area contributed by atoms with E-state index in [1.165, 1.54) is 0 Å². The Kier molecular flexibility index (Phi) is 5.11. The highest BCUT2D eigenvalue weighted by Crippen LogP contribution is 2.22. The summed E-state index contributed by atoms with van der Waals surface area (Å²) in [4.78, 5) is 13.8. The average molecular weight is 260 g/mol. The second kappa shape index (κ2) is 7.08. The van der Waals surface area contributed by atoms with Gasteiger partial charge in [0.15, 0.2) is 5.16 Å². The summed E-state index contributed by atoms with van der Waals surface area (Å²) in [6.45, 7) is 4.00. The zero-order valence-electron chi connectivity index (χ0n) is 10.3. The van der Waals surface area contributed by atoms with Crippen LogP contribution in [0.3, 0.4) is 0 Å². The zero-order valence-corrected chi connectivity index (χ0v) is 11.2. The molecule has 4 nitrogen and oxygen atoms in total. The molecule has 0 saturated carbocycles. The summed E-state index contributed by atoms with van der Waals surface area (Å²) in [5, 5.41) is 4.09. The van der Waals surface area contributed by atoms with E-state index in [0.717, 1.165) is 35.1 Å². The van der Waals surface area contributed by atoms with E-state index in [0.29, 0.717) is 0 Å². The number of nitrogens with one attached hydrogen (secondary N) is 1. The topological polar surface area (TPSA) is 50.7 Å². The van der Waals surface area contributed by atoms with Crippen LogP contribution in [0.15, 0.2) is 47.0 Å². The standard InChI is InChI=1S/C13H16N4S/c1-2-5-15-8-11-9-16-13(17-10-11)18-12-3-6-14-7-4-12/h3-4,6-7,9-10,15H,2,5,8H2,1H3. The fourth-order valence-electron chi connectivity index (χ4n) is 1.41. The van der Waals surface area contributed by atoms with Crippen molar-refractivity contribution in [1.82, 2.24) is 20.3 Å². The molecule has 0 atom stereocenters. The molecule has 94 valence electrons. The van der Waals surface area contributed by atoms with Crippen molar-refractivity contribution in [2.45, 2.75) is 29.9 Å². The van der Waals surface area contributed by atoms with Crippen molar-refractivity contribution in [2.24, 2.45) is 0 Å². The number of nitrogens with zero attached hydrogens (tertiary/aromatic N) is 3. The van der Waals surface area contributed by atoms with Crippen LogP contribution in [0.1, 0.15) is 18.9 Å². The molecular formula is C13H16N4S. The van der Waals surface area contributed by atoms with Crippen LogP contribution in [0.2, 0.25) is 0 Å². The first kappa shape index (κ1) is 13.0. The van der Waals surface area contributed by atoms with Gasteiger partial charge in [-0.1, -0.05) is 6.92 Å². The lowest BCUT2D eigenvalue weighted by Gasteiger charge is -2.03. The first-order valence-corrected chi connectivity index (χ1v) is 6.79. The maximum Gasteiger partial charge on any atom is 0.192 e. The average Bonchev–Trinajstić information content (AvgIpc) is 2.42. The molecule has 0 aliphatic heterocycles. The highest BCUT2D eigenvalue weighted by Gasteiger charge is 2.00. The molecule has 5 heteroatoms. The van der Waals surface area contributed by atoms with Crippen LogP contribution in [-0.2, 0) is 6.54 Å². The number of pyridine rings is 1. The van der Waals surface area contributed by atoms with E-state index in [-0.39, 0.29) is 0 Å². The maximum absolute atomic E-state index is 4.34. The number of hydrogen-bond acceptors (Lipinski definition) is 5. The van der Waals surface area contributed by atoms with E-state index < -0.39 is 0 Å². The van der Waals surface area contributed by atoms with Crippen LogP contribution < -0.4 is 5.32 Å². The Morgan fingerprint density at radius 2 is 1.89 bits per heavy atom. The summed E-state index contributed by atoms with van der Waals surface area (Å²) in [6, 6.07) is 3.90. The van der Waals surface area contributed by atoms with Crippen molar-refractivity contribution >= 4 is 11.8 Å². The molecule has 2 rings (SSSR count). The van der Waals surface area contributed by atoms with Crippen LogP contribution in [0, 0.1) is 0 Å². The predicted octanol–water partition coefficient (Wildman–Crippen LogP) is 2.52. The zero-order chi connectivity index (χ0) is 12.6. The van der Waals surface area contributed by atoms with E-state index in [2.05, 4.69) is 27.2 Å². The smallest absolute Gasteiger partial charge is 0.192 e. The molecule has 1 N–H and O–H groups in total. The molecular weight excluding hydrogens is 244 g/mol. The predicted molar refractivity (Wildman–Crippen MR) is 72.4 cm³/mol. The van der Waals surface area contributed by atoms with Gasteiger partial charge in [-0.2, -0.15) is 0 Å². The summed E-state index contributed by atoms with van der Waals surface area (Å²) in [7, 11) is 0. The van der Waals surface area contributed by atoms with E-state index >= 15 is 0 Å². The van der Waals surface area contributed by atoms with Crippen LogP contribution in [0.25, 0.3) is 0 Å². The summed E-state index contributed by atoms with van der Waals surface area (Å²) in [5.41, 5.74) is 1.11. The Morgan fingerprint density at radius 1 is 1.17 bits per heavy atom.